The molecule has 0 radical (unpaired) electrons. The number of esters is 1. The van der Waals surface area contributed by atoms with Gasteiger partial charge in [-0.2, -0.15) is 0 Å². The molecule has 0 unspecified atom stereocenters. The lowest BCUT2D eigenvalue weighted by atomic mass is 10.2. The SMILES string of the molecule is CCCOC(=O)[C@@H]1CCCN1C(=O)CC. The van der Waals surface area contributed by atoms with E-state index >= 15 is 0 Å². The van der Waals surface area contributed by atoms with Gasteiger partial charge in [-0.3, -0.25) is 4.79 Å². The van der Waals surface area contributed by atoms with Crippen LogP contribution in [0.3, 0.4) is 0 Å². The lowest BCUT2D eigenvalue weighted by molar-refractivity contribution is -0.153. The van der Waals surface area contributed by atoms with Crippen LogP contribution in [0.5, 0.6) is 0 Å². The topological polar surface area (TPSA) is 46.6 Å². The molecule has 0 aromatic carbocycles. The van der Waals surface area contributed by atoms with Gasteiger partial charge in [-0.1, -0.05) is 13.8 Å². The van der Waals surface area contributed by atoms with Gasteiger partial charge in [0.25, 0.3) is 0 Å². The minimum Gasteiger partial charge on any atom is -0.464 e. The van der Waals surface area contributed by atoms with Gasteiger partial charge in [0.1, 0.15) is 6.04 Å². The Morgan fingerprint density at radius 3 is 2.73 bits per heavy atom. The normalized spacial score (nSPS) is 20.4. The lowest BCUT2D eigenvalue weighted by Gasteiger charge is -2.22. The quantitative estimate of drug-likeness (QED) is 0.662. The second kappa shape index (κ2) is 5.73. The van der Waals surface area contributed by atoms with Gasteiger partial charge in [0.05, 0.1) is 6.61 Å². The highest BCUT2D eigenvalue weighted by atomic mass is 16.5. The first-order chi connectivity index (χ1) is 7.20. The molecular formula is C11H19NO3. The molecule has 1 aliphatic rings. The molecule has 0 bridgehead atoms. The van der Waals surface area contributed by atoms with Crippen molar-refractivity contribution in [1.82, 2.24) is 4.90 Å². The fourth-order valence-corrected chi connectivity index (χ4v) is 1.81. The van der Waals surface area contributed by atoms with Gasteiger partial charge in [0.15, 0.2) is 0 Å². The summed E-state index contributed by atoms with van der Waals surface area (Å²) in [5.74, 6) is -0.193. The molecule has 0 spiro atoms. The molecule has 4 heteroatoms. The van der Waals surface area contributed by atoms with Crippen molar-refractivity contribution in [3.05, 3.63) is 0 Å². The molecule has 1 rings (SSSR count). The summed E-state index contributed by atoms with van der Waals surface area (Å²) in [7, 11) is 0. The zero-order valence-corrected chi connectivity index (χ0v) is 9.49. The molecule has 1 aliphatic heterocycles. The molecule has 1 amide bonds. The van der Waals surface area contributed by atoms with Crippen molar-refractivity contribution in [2.45, 2.75) is 45.6 Å². The highest BCUT2D eigenvalue weighted by Crippen LogP contribution is 2.19. The monoisotopic (exact) mass is 213 g/mol. The van der Waals surface area contributed by atoms with Crippen molar-refractivity contribution in [2.75, 3.05) is 13.2 Å². The third-order valence-electron chi connectivity index (χ3n) is 2.60. The summed E-state index contributed by atoms with van der Waals surface area (Å²) in [4.78, 5) is 24.8. The Morgan fingerprint density at radius 1 is 1.40 bits per heavy atom. The second-order valence-electron chi connectivity index (χ2n) is 3.77. The Morgan fingerprint density at radius 2 is 2.13 bits per heavy atom. The Bertz CT molecular complexity index is 240. The summed E-state index contributed by atoms with van der Waals surface area (Å²) in [6.45, 7) is 4.91. The van der Waals surface area contributed by atoms with E-state index in [0.29, 0.717) is 19.6 Å². The molecule has 86 valence electrons. The number of hydrogen-bond acceptors (Lipinski definition) is 3. The van der Waals surface area contributed by atoms with Gasteiger partial charge in [0, 0.05) is 13.0 Å². The van der Waals surface area contributed by atoms with E-state index in [-0.39, 0.29) is 17.9 Å². The molecule has 0 aliphatic carbocycles. The summed E-state index contributed by atoms with van der Waals surface area (Å²) >= 11 is 0. The summed E-state index contributed by atoms with van der Waals surface area (Å²) in [6, 6.07) is -0.330. The van der Waals surface area contributed by atoms with Crippen LogP contribution in [0.4, 0.5) is 0 Å². The Hall–Kier alpha value is -1.06. The summed E-state index contributed by atoms with van der Waals surface area (Å²) in [6.07, 6.45) is 2.92. The van der Waals surface area contributed by atoms with Crippen molar-refractivity contribution in [1.29, 1.82) is 0 Å². The molecule has 1 atom stereocenters. The molecule has 0 N–H and O–H groups in total. The van der Waals surface area contributed by atoms with Gasteiger partial charge in [0.2, 0.25) is 5.91 Å². The maximum atomic E-state index is 11.6. The smallest absolute Gasteiger partial charge is 0.328 e. The number of likely N-dealkylation sites (tertiary alicyclic amines) is 1. The van der Waals surface area contributed by atoms with E-state index in [1.165, 1.54) is 0 Å². The van der Waals surface area contributed by atoms with Crippen LogP contribution >= 0.6 is 0 Å². The van der Waals surface area contributed by atoms with Gasteiger partial charge in [-0.25, -0.2) is 4.79 Å². The van der Waals surface area contributed by atoms with E-state index in [0.717, 1.165) is 19.3 Å². The number of nitrogens with zero attached hydrogens (tertiary/aromatic N) is 1. The van der Waals surface area contributed by atoms with E-state index in [9.17, 15) is 9.59 Å². The summed E-state index contributed by atoms with van der Waals surface area (Å²) in [5, 5.41) is 0. The molecule has 1 saturated heterocycles. The van der Waals surface area contributed by atoms with E-state index in [1.807, 2.05) is 13.8 Å². The van der Waals surface area contributed by atoms with E-state index in [4.69, 9.17) is 4.74 Å². The molecule has 4 nitrogen and oxygen atoms in total. The fourth-order valence-electron chi connectivity index (χ4n) is 1.81. The van der Waals surface area contributed by atoms with E-state index < -0.39 is 0 Å². The standard InChI is InChI=1S/C11H19NO3/c1-3-8-15-11(14)9-6-5-7-12(9)10(13)4-2/h9H,3-8H2,1-2H3/t9-/m0/s1. The van der Waals surface area contributed by atoms with Crippen LogP contribution in [0.1, 0.15) is 39.5 Å². The molecule has 0 aromatic heterocycles. The number of amides is 1. The third-order valence-corrected chi connectivity index (χ3v) is 2.60. The molecular weight excluding hydrogens is 194 g/mol. The minimum absolute atomic E-state index is 0.0472. The van der Waals surface area contributed by atoms with Crippen LogP contribution < -0.4 is 0 Å². The first-order valence-corrected chi connectivity index (χ1v) is 5.66. The third kappa shape index (κ3) is 2.94. The number of carbonyl (C=O) groups excluding carboxylic acids is 2. The zero-order chi connectivity index (χ0) is 11.3. The number of ether oxygens (including phenoxy) is 1. The van der Waals surface area contributed by atoms with Crippen LogP contribution in [0.25, 0.3) is 0 Å². The van der Waals surface area contributed by atoms with Crippen LogP contribution in [-0.4, -0.2) is 36.0 Å². The lowest BCUT2D eigenvalue weighted by Crippen LogP contribution is -2.41. The predicted molar refractivity (Wildman–Crippen MR) is 56.3 cm³/mol. The van der Waals surface area contributed by atoms with Gasteiger partial charge >= 0.3 is 5.97 Å². The largest absolute Gasteiger partial charge is 0.464 e. The van der Waals surface area contributed by atoms with E-state index in [1.54, 1.807) is 4.90 Å². The molecule has 0 saturated carbocycles. The van der Waals surface area contributed by atoms with E-state index in [2.05, 4.69) is 0 Å². The maximum Gasteiger partial charge on any atom is 0.328 e. The van der Waals surface area contributed by atoms with Crippen molar-refractivity contribution < 1.29 is 14.3 Å². The van der Waals surface area contributed by atoms with Crippen LogP contribution in [0, 0.1) is 0 Å². The average Bonchev–Trinajstić information content (AvgIpc) is 2.73. The molecule has 1 heterocycles. The minimum atomic E-state index is -0.330. The summed E-state index contributed by atoms with van der Waals surface area (Å²) in [5.41, 5.74) is 0. The first kappa shape index (κ1) is 12.0. The molecule has 15 heavy (non-hydrogen) atoms. The molecule has 0 aromatic rings. The second-order valence-corrected chi connectivity index (χ2v) is 3.77. The Labute approximate surface area is 90.6 Å². The van der Waals surface area contributed by atoms with Gasteiger partial charge < -0.3 is 9.64 Å². The number of hydrogen-bond donors (Lipinski definition) is 0. The number of carbonyl (C=O) groups is 2. The highest BCUT2D eigenvalue weighted by Gasteiger charge is 2.34. The van der Waals surface area contributed by atoms with Crippen molar-refractivity contribution in [3.8, 4) is 0 Å². The average molecular weight is 213 g/mol. The van der Waals surface area contributed by atoms with Crippen LogP contribution in [0.15, 0.2) is 0 Å². The fraction of sp³-hybridized carbons (Fsp3) is 0.818. The molecule has 1 fully saturated rings. The number of rotatable bonds is 4. The van der Waals surface area contributed by atoms with Crippen molar-refractivity contribution in [2.24, 2.45) is 0 Å². The Kier molecular flexibility index (Phi) is 4.59. The summed E-state index contributed by atoms with van der Waals surface area (Å²) < 4.78 is 5.07. The van der Waals surface area contributed by atoms with Crippen molar-refractivity contribution in [3.63, 3.8) is 0 Å². The van der Waals surface area contributed by atoms with Gasteiger partial charge in [-0.05, 0) is 19.3 Å². The van der Waals surface area contributed by atoms with Gasteiger partial charge in [-0.15, -0.1) is 0 Å². The first-order valence-electron chi connectivity index (χ1n) is 5.66. The highest BCUT2D eigenvalue weighted by molar-refractivity contribution is 5.85. The van der Waals surface area contributed by atoms with Crippen LogP contribution in [0.2, 0.25) is 0 Å². The van der Waals surface area contributed by atoms with Crippen LogP contribution in [-0.2, 0) is 14.3 Å². The predicted octanol–water partition coefficient (Wildman–Crippen LogP) is 1.34. The Balaban J connectivity index is 2.52. The van der Waals surface area contributed by atoms with Crippen molar-refractivity contribution >= 4 is 11.9 Å². The zero-order valence-electron chi connectivity index (χ0n) is 9.49. The maximum absolute atomic E-state index is 11.6.